The molecule has 0 amide bonds. The maximum atomic E-state index is 14.7. The van der Waals surface area contributed by atoms with E-state index in [1.165, 1.54) is 63.6 Å². The number of ether oxygens (including phenoxy) is 1. The van der Waals surface area contributed by atoms with Crippen molar-refractivity contribution in [2.45, 2.75) is 81.3 Å². The second kappa shape index (κ2) is 12.4. The highest BCUT2D eigenvalue weighted by Gasteiger charge is 2.35. The van der Waals surface area contributed by atoms with Crippen molar-refractivity contribution < 1.29 is 13.5 Å². The van der Waals surface area contributed by atoms with E-state index in [4.69, 9.17) is 4.74 Å². The zero-order valence-corrected chi connectivity index (χ0v) is 21.7. The zero-order valence-electron chi connectivity index (χ0n) is 20.1. The van der Waals surface area contributed by atoms with Gasteiger partial charge in [0.15, 0.2) is 11.6 Å². The van der Waals surface area contributed by atoms with Crippen LogP contribution in [-0.2, 0) is 11.3 Å². The Labute approximate surface area is 207 Å². The van der Waals surface area contributed by atoms with Crippen molar-refractivity contribution in [3.8, 4) is 0 Å². The van der Waals surface area contributed by atoms with Gasteiger partial charge in [0.2, 0.25) is 0 Å². The molecule has 1 saturated heterocycles. The summed E-state index contributed by atoms with van der Waals surface area (Å²) in [7, 11) is 1.51. The fourth-order valence-corrected chi connectivity index (χ4v) is 9.74. The van der Waals surface area contributed by atoms with E-state index in [-0.39, 0.29) is 12.5 Å². The smallest absolute Gasteiger partial charge is 0.164 e. The van der Waals surface area contributed by atoms with Gasteiger partial charge in [0.05, 0.1) is 11.2 Å². The summed E-state index contributed by atoms with van der Waals surface area (Å²) in [5.41, 5.74) is 0.888. The van der Waals surface area contributed by atoms with E-state index in [1.807, 2.05) is 0 Å². The van der Waals surface area contributed by atoms with Crippen molar-refractivity contribution in [2.24, 2.45) is 23.7 Å². The number of hydrogen-bond acceptors (Lipinski definition) is 3. The number of thioether (sulfide) groups is 2. The summed E-state index contributed by atoms with van der Waals surface area (Å²) in [5.74, 6) is 4.93. The van der Waals surface area contributed by atoms with Gasteiger partial charge >= 0.3 is 0 Å². The molecule has 3 aliphatic rings. The lowest BCUT2D eigenvalue weighted by Crippen LogP contribution is -2.31. The van der Waals surface area contributed by atoms with Crippen molar-refractivity contribution in [2.75, 3.05) is 18.6 Å². The van der Waals surface area contributed by atoms with Crippen LogP contribution in [0.25, 0.3) is 0 Å². The summed E-state index contributed by atoms with van der Waals surface area (Å²) < 4.78 is 34.8. The average Bonchev–Trinajstić information content (AvgIpc) is 2.86. The van der Waals surface area contributed by atoms with Gasteiger partial charge in [-0.2, -0.15) is 0 Å². The lowest BCUT2D eigenvalue weighted by molar-refractivity contribution is 0.143. The molecule has 2 saturated carbocycles. The van der Waals surface area contributed by atoms with Crippen molar-refractivity contribution in [3.63, 3.8) is 0 Å². The van der Waals surface area contributed by atoms with Gasteiger partial charge in [-0.3, -0.25) is 0 Å². The number of benzene rings is 1. The van der Waals surface area contributed by atoms with Gasteiger partial charge in [-0.05, 0) is 111 Å². The number of methoxy groups -OCH3 is 1. The molecular formula is C28H40F2OS2. The van der Waals surface area contributed by atoms with Crippen LogP contribution in [0.1, 0.15) is 81.3 Å². The summed E-state index contributed by atoms with van der Waals surface area (Å²) in [6.45, 7) is 3.98. The maximum Gasteiger partial charge on any atom is 0.164 e. The molecule has 0 unspecified atom stereocenters. The third kappa shape index (κ3) is 6.38. The first-order valence-corrected chi connectivity index (χ1v) is 15.0. The van der Waals surface area contributed by atoms with E-state index in [0.29, 0.717) is 11.1 Å². The van der Waals surface area contributed by atoms with Gasteiger partial charge in [0, 0.05) is 12.7 Å². The number of halogens is 2. The maximum absolute atomic E-state index is 14.7. The molecule has 0 N–H and O–H groups in total. The molecule has 5 heteroatoms. The Morgan fingerprint density at radius 3 is 2.03 bits per heavy atom. The normalized spacial score (nSPS) is 33.1. The quantitative estimate of drug-likeness (QED) is 0.335. The first-order chi connectivity index (χ1) is 16.1. The van der Waals surface area contributed by atoms with E-state index in [0.717, 1.165) is 47.5 Å². The Balaban J connectivity index is 1.22. The van der Waals surface area contributed by atoms with Crippen LogP contribution in [0, 0.1) is 35.3 Å². The molecule has 33 heavy (non-hydrogen) atoms. The van der Waals surface area contributed by atoms with Crippen LogP contribution in [0.3, 0.4) is 0 Å². The minimum absolute atomic E-state index is 0.118. The summed E-state index contributed by atoms with van der Waals surface area (Å²) >= 11 is 4.38. The molecule has 1 aliphatic heterocycles. The minimum atomic E-state index is -0.721. The van der Waals surface area contributed by atoms with E-state index in [1.54, 1.807) is 12.1 Å². The molecule has 0 atom stereocenters. The first-order valence-electron chi connectivity index (χ1n) is 12.9. The predicted molar refractivity (Wildman–Crippen MR) is 139 cm³/mol. The highest BCUT2D eigenvalue weighted by atomic mass is 32.2. The van der Waals surface area contributed by atoms with Crippen LogP contribution < -0.4 is 0 Å². The van der Waals surface area contributed by atoms with E-state index >= 15 is 0 Å². The fourth-order valence-electron chi connectivity index (χ4n) is 6.43. The molecule has 184 valence electrons. The number of rotatable bonds is 8. The molecule has 3 fully saturated rings. The third-order valence-corrected chi connectivity index (χ3v) is 11.7. The lowest BCUT2D eigenvalue weighted by atomic mass is 9.67. The molecular weight excluding hydrogens is 454 g/mol. The molecule has 0 bridgehead atoms. The fraction of sp³-hybridized carbons (Fsp3) is 0.714. The molecule has 2 aliphatic carbocycles. The first kappa shape index (κ1) is 25.6. The number of hydrogen-bond donors (Lipinski definition) is 0. The van der Waals surface area contributed by atoms with Crippen LogP contribution in [0.4, 0.5) is 8.78 Å². The standard InChI is InChI=1S/C28H40F2OS2/c1-3-4-5-26-32-17-24(18-33-26)21-8-6-19(7-9-21)20-10-12-22(13-11-20)25-15-14-23(16-31-2)27(29)28(25)30/h3,14-15,19-22,24,26H,1,4-13,16-18H2,2H3. The summed E-state index contributed by atoms with van der Waals surface area (Å²) in [5, 5.41) is 0. The molecule has 4 rings (SSSR count). The van der Waals surface area contributed by atoms with Crippen molar-refractivity contribution in [3.05, 3.63) is 47.5 Å². The van der Waals surface area contributed by atoms with Gasteiger partial charge < -0.3 is 4.74 Å². The van der Waals surface area contributed by atoms with Gasteiger partial charge in [0.1, 0.15) is 0 Å². The highest BCUT2D eigenvalue weighted by Crippen LogP contribution is 2.48. The molecule has 0 radical (unpaired) electrons. The Hall–Kier alpha value is -0.520. The molecule has 1 nitrogen and oxygen atoms in total. The molecule has 1 aromatic rings. The number of allylic oxidation sites excluding steroid dienone is 1. The largest absolute Gasteiger partial charge is 0.380 e. The van der Waals surface area contributed by atoms with Crippen molar-refractivity contribution >= 4 is 23.5 Å². The monoisotopic (exact) mass is 494 g/mol. The highest BCUT2D eigenvalue weighted by molar-refractivity contribution is 8.17. The van der Waals surface area contributed by atoms with E-state index < -0.39 is 11.6 Å². The lowest BCUT2D eigenvalue weighted by Gasteiger charge is -2.41. The second-order valence-corrected chi connectivity index (χ2v) is 13.2. The van der Waals surface area contributed by atoms with Crippen LogP contribution in [0.5, 0.6) is 0 Å². The third-order valence-electron chi connectivity index (χ3n) is 8.45. The molecule has 1 heterocycles. The molecule has 0 spiro atoms. The Morgan fingerprint density at radius 1 is 0.879 bits per heavy atom. The summed E-state index contributed by atoms with van der Waals surface area (Å²) in [4.78, 5) is 0. The minimum Gasteiger partial charge on any atom is -0.380 e. The Morgan fingerprint density at radius 2 is 1.45 bits per heavy atom. The van der Waals surface area contributed by atoms with Gasteiger partial charge in [-0.25, -0.2) is 8.78 Å². The van der Waals surface area contributed by atoms with Gasteiger partial charge in [0.25, 0.3) is 0 Å². The SMILES string of the molecule is C=CCCC1SCC(C2CCC(C3CCC(c4ccc(COC)c(F)c4F)CC3)CC2)CS1. The van der Waals surface area contributed by atoms with Crippen LogP contribution in [0.2, 0.25) is 0 Å². The molecule has 1 aromatic carbocycles. The summed E-state index contributed by atoms with van der Waals surface area (Å²) in [6, 6.07) is 3.50. The van der Waals surface area contributed by atoms with Crippen LogP contribution in [0.15, 0.2) is 24.8 Å². The Bertz CT molecular complexity index is 761. The average molecular weight is 495 g/mol. The van der Waals surface area contributed by atoms with E-state index in [2.05, 4.69) is 36.2 Å². The van der Waals surface area contributed by atoms with Crippen molar-refractivity contribution in [1.82, 2.24) is 0 Å². The van der Waals surface area contributed by atoms with Gasteiger partial charge in [-0.15, -0.1) is 30.1 Å². The topological polar surface area (TPSA) is 9.23 Å². The van der Waals surface area contributed by atoms with Crippen LogP contribution >= 0.6 is 23.5 Å². The Kier molecular flexibility index (Phi) is 9.64. The molecule has 0 aromatic heterocycles. The van der Waals surface area contributed by atoms with E-state index in [9.17, 15) is 8.78 Å². The summed E-state index contributed by atoms with van der Waals surface area (Å²) in [6.07, 6.45) is 14.3. The van der Waals surface area contributed by atoms with Crippen molar-refractivity contribution in [1.29, 1.82) is 0 Å². The predicted octanol–water partition coefficient (Wildman–Crippen LogP) is 8.58. The second-order valence-electron chi connectivity index (χ2n) is 10.4. The zero-order chi connectivity index (χ0) is 23.2. The van der Waals surface area contributed by atoms with Gasteiger partial charge in [-0.1, -0.05) is 18.2 Å². The van der Waals surface area contributed by atoms with Crippen LogP contribution in [-0.4, -0.2) is 23.2 Å².